The van der Waals surface area contributed by atoms with E-state index < -0.39 is 0 Å². The molecule has 2 N–H and O–H groups in total. The maximum absolute atomic E-state index is 5.87. The molecule has 0 radical (unpaired) electrons. The minimum absolute atomic E-state index is 0. The van der Waals surface area contributed by atoms with E-state index in [9.17, 15) is 0 Å². The highest BCUT2D eigenvalue weighted by Crippen LogP contribution is 2.18. The molecular weight excluding hydrogens is 228 g/mol. The Morgan fingerprint density at radius 2 is 2.25 bits per heavy atom. The van der Waals surface area contributed by atoms with Gasteiger partial charge in [-0.15, -0.1) is 12.4 Å². The Labute approximate surface area is 98.9 Å². The fraction of sp³-hybridized carbons (Fsp3) is 0.444. The first kappa shape index (κ1) is 11.1. The highest BCUT2D eigenvalue weighted by Gasteiger charge is 2.21. The summed E-state index contributed by atoms with van der Waals surface area (Å²) in [6.45, 7) is 1.82. The van der Waals surface area contributed by atoms with Gasteiger partial charge in [-0.25, -0.2) is 4.98 Å². The van der Waals surface area contributed by atoms with Crippen LogP contribution in [-0.4, -0.2) is 38.7 Å². The first-order chi connectivity index (χ1) is 7.34. The third kappa shape index (κ3) is 1.70. The molecule has 0 bridgehead atoms. The zero-order chi connectivity index (χ0) is 10.3. The quantitative estimate of drug-likeness (QED) is 0.765. The first-order valence-electron chi connectivity index (χ1n) is 4.99. The Bertz CT molecular complexity index is 484. The zero-order valence-electron chi connectivity index (χ0n) is 8.65. The molecule has 0 aromatic carbocycles. The average molecular weight is 241 g/mol. The predicted octanol–water partition coefficient (Wildman–Crippen LogP) is 0.0835. The minimum Gasteiger partial charge on any atom is -0.354 e. The van der Waals surface area contributed by atoms with Crippen molar-refractivity contribution in [1.82, 2.24) is 19.6 Å². The third-order valence-corrected chi connectivity index (χ3v) is 2.72. The van der Waals surface area contributed by atoms with Gasteiger partial charge in [0.05, 0.1) is 12.4 Å². The van der Waals surface area contributed by atoms with Crippen LogP contribution in [0.5, 0.6) is 0 Å². The first-order valence-corrected chi connectivity index (χ1v) is 4.99. The molecule has 1 aliphatic heterocycles. The number of anilines is 1. The van der Waals surface area contributed by atoms with Crippen molar-refractivity contribution in [3.8, 4) is 0 Å². The highest BCUT2D eigenvalue weighted by atomic mass is 35.5. The van der Waals surface area contributed by atoms with Gasteiger partial charge >= 0.3 is 0 Å². The van der Waals surface area contributed by atoms with Gasteiger partial charge in [-0.05, 0) is 6.42 Å². The number of hydrogen-bond acceptors (Lipinski definition) is 5. The van der Waals surface area contributed by atoms with Crippen LogP contribution in [0.15, 0.2) is 18.7 Å². The fourth-order valence-corrected chi connectivity index (χ4v) is 1.95. The van der Waals surface area contributed by atoms with Gasteiger partial charge in [-0.3, -0.25) is 4.98 Å². The molecule has 0 aliphatic carbocycles. The maximum atomic E-state index is 5.87. The number of aromatic nitrogens is 4. The van der Waals surface area contributed by atoms with Crippen molar-refractivity contribution in [2.75, 3.05) is 18.0 Å². The van der Waals surface area contributed by atoms with E-state index in [1.807, 2.05) is 0 Å². The van der Waals surface area contributed by atoms with Gasteiger partial charge in [0.25, 0.3) is 0 Å². The number of hydrogen-bond donors (Lipinski definition) is 1. The molecule has 0 spiro atoms. The van der Waals surface area contributed by atoms with E-state index in [4.69, 9.17) is 5.73 Å². The van der Waals surface area contributed by atoms with Crippen molar-refractivity contribution >= 4 is 23.9 Å². The largest absolute Gasteiger partial charge is 0.354 e. The van der Waals surface area contributed by atoms with Crippen LogP contribution in [0.25, 0.3) is 5.65 Å². The van der Waals surface area contributed by atoms with E-state index in [-0.39, 0.29) is 18.4 Å². The monoisotopic (exact) mass is 240 g/mol. The molecule has 1 saturated heterocycles. The van der Waals surface area contributed by atoms with E-state index in [2.05, 4.69) is 20.0 Å². The second-order valence-corrected chi connectivity index (χ2v) is 3.79. The molecule has 86 valence electrons. The summed E-state index contributed by atoms with van der Waals surface area (Å²) >= 11 is 0. The van der Waals surface area contributed by atoms with Crippen LogP contribution in [0.4, 0.5) is 5.82 Å². The van der Waals surface area contributed by atoms with Gasteiger partial charge in [0, 0.05) is 19.1 Å². The van der Waals surface area contributed by atoms with Crippen LogP contribution in [0, 0.1) is 0 Å². The molecule has 16 heavy (non-hydrogen) atoms. The molecule has 0 unspecified atom stereocenters. The second-order valence-electron chi connectivity index (χ2n) is 3.79. The lowest BCUT2D eigenvalue weighted by atomic mass is 10.3. The normalized spacial score (nSPS) is 20.1. The molecule has 3 heterocycles. The fourth-order valence-electron chi connectivity index (χ4n) is 1.95. The lowest BCUT2D eigenvalue weighted by molar-refractivity contribution is 0.749. The molecule has 7 heteroatoms. The number of nitrogens with zero attached hydrogens (tertiary/aromatic N) is 5. The molecule has 6 nitrogen and oxygen atoms in total. The number of rotatable bonds is 1. The molecule has 1 atom stereocenters. The smallest absolute Gasteiger partial charge is 0.175 e. The van der Waals surface area contributed by atoms with E-state index in [1.54, 1.807) is 16.9 Å². The van der Waals surface area contributed by atoms with Crippen molar-refractivity contribution in [2.24, 2.45) is 5.73 Å². The second kappa shape index (κ2) is 4.23. The van der Waals surface area contributed by atoms with Crippen molar-refractivity contribution in [1.29, 1.82) is 0 Å². The van der Waals surface area contributed by atoms with E-state index >= 15 is 0 Å². The summed E-state index contributed by atoms with van der Waals surface area (Å²) in [4.78, 5) is 10.4. The van der Waals surface area contributed by atoms with Crippen LogP contribution in [-0.2, 0) is 0 Å². The number of nitrogens with two attached hydrogens (primary N) is 1. The van der Waals surface area contributed by atoms with Gasteiger partial charge in [0.1, 0.15) is 6.33 Å². The molecule has 2 aromatic rings. The molecule has 0 amide bonds. The summed E-state index contributed by atoms with van der Waals surface area (Å²) in [5.41, 5.74) is 6.65. The van der Waals surface area contributed by atoms with Gasteiger partial charge < -0.3 is 10.6 Å². The summed E-state index contributed by atoms with van der Waals surface area (Å²) < 4.78 is 1.80. The third-order valence-electron chi connectivity index (χ3n) is 2.72. The topological polar surface area (TPSA) is 72.3 Å². The molecule has 0 saturated carbocycles. The molecule has 1 aliphatic rings. The minimum atomic E-state index is 0. The Morgan fingerprint density at radius 1 is 1.38 bits per heavy atom. The molecular formula is C9H13ClN6. The molecule has 3 rings (SSSR count). The van der Waals surface area contributed by atoms with Crippen molar-refractivity contribution in [3.05, 3.63) is 18.7 Å². The summed E-state index contributed by atoms with van der Waals surface area (Å²) in [5.74, 6) is 0.970. The van der Waals surface area contributed by atoms with Gasteiger partial charge in [-0.1, -0.05) is 0 Å². The van der Waals surface area contributed by atoms with Crippen LogP contribution >= 0.6 is 12.4 Å². The van der Waals surface area contributed by atoms with Crippen LogP contribution in [0.2, 0.25) is 0 Å². The Morgan fingerprint density at radius 3 is 3.00 bits per heavy atom. The van der Waals surface area contributed by atoms with E-state index in [1.165, 1.54) is 6.33 Å². The lowest BCUT2D eigenvalue weighted by Crippen LogP contribution is -2.27. The highest BCUT2D eigenvalue weighted by molar-refractivity contribution is 5.85. The van der Waals surface area contributed by atoms with Crippen LogP contribution in [0.1, 0.15) is 6.42 Å². The van der Waals surface area contributed by atoms with Gasteiger partial charge in [0.15, 0.2) is 11.5 Å². The standard InChI is InChI=1S/C9H12N6.ClH/c10-7-1-2-14(5-7)9-4-11-3-8-12-6-13-15(8)9;/h3-4,6-7H,1-2,5,10H2;1H/t7-;/m0./s1. The Balaban J connectivity index is 0.000000963. The maximum Gasteiger partial charge on any atom is 0.175 e. The number of fused-ring (bicyclic) bond motifs is 1. The summed E-state index contributed by atoms with van der Waals surface area (Å²) in [7, 11) is 0. The van der Waals surface area contributed by atoms with Crippen LogP contribution < -0.4 is 10.6 Å². The predicted molar refractivity (Wildman–Crippen MR) is 62.8 cm³/mol. The molecule has 1 fully saturated rings. The number of halogens is 1. The van der Waals surface area contributed by atoms with Crippen molar-refractivity contribution in [3.63, 3.8) is 0 Å². The Kier molecular flexibility index (Phi) is 2.93. The summed E-state index contributed by atoms with van der Waals surface area (Å²) in [6, 6.07) is 0.253. The zero-order valence-corrected chi connectivity index (χ0v) is 9.47. The average Bonchev–Trinajstić information content (AvgIpc) is 2.84. The SMILES string of the molecule is Cl.N[C@H]1CCN(c2cncc3ncnn23)C1. The lowest BCUT2D eigenvalue weighted by Gasteiger charge is -2.17. The van der Waals surface area contributed by atoms with Gasteiger partial charge in [-0.2, -0.15) is 9.61 Å². The summed E-state index contributed by atoms with van der Waals surface area (Å²) in [5, 5.41) is 4.17. The summed E-state index contributed by atoms with van der Waals surface area (Å²) in [6.07, 6.45) is 6.06. The Hall–Kier alpha value is -1.40. The van der Waals surface area contributed by atoms with Gasteiger partial charge in [0.2, 0.25) is 0 Å². The van der Waals surface area contributed by atoms with Crippen LogP contribution in [0.3, 0.4) is 0 Å². The molecule has 2 aromatic heterocycles. The van der Waals surface area contributed by atoms with E-state index in [0.29, 0.717) is 0 Å². The van der Waals surface area contributed by atoms with Crippen molar-refractivity contribution in [2.45, 2.75) is 12.5 Å². The van der Waals surface area contributed by atoms with Crippen molar-refractivity contribution < 1.29 is 0 Å². The van der Waals surface area contributed by atoms with E-state index in [0.717, 1.165) is 31.0 Å².